The molecule has 0 amide bonds. The second-order valence-corrected chi connectivity index (χ2v) is 3.13. The smallest absolute Gasteiger partial charge is 0.338 e. The van der Waals surface area contributed by atoms with Crippen molar-refractivity contribution in [2.45, 2.75) is 13.3 Å². The number of benzene rings is 1. The van der Waals surface area contributed by atoms with Crippen LogP contribution in [-0.2, 0) is 4.74 Å². The third-order valence-corrected chi connectivity index (χ3v) is 1.87. The Labute approximate surface area is 101 Å². The molecule has 1 aromatic carbocycles. The first-order valence-corrected chi connectivity index (χ1v) is 4.76. The van der Waals surface area contributed by atoms with Gasteiger partial charge in [-0.05, 0) is 18.6 Å². The number of nitrogen functional groups attached to an aromatic ring is 1. The molecule has 0 saturated carbocycles. The molecule has 0 aromatic heterocycles. The average molecular weight is 243 g/mol. The average Bonchev–Trinajstić information content (AvgIpc) is 2.26. The van der Waals surface area contributed by atoms with Crippen molar-refractivity contribution in [3.05, 3.63) is 35.4 Å². The molecule has 1 aromatic rings. The fourth-order valence-corrected chi connectivity index (χ4v) is 1.06. The van der Waals surface area contributed by atoms with Crippen molar-refractivity contribution in [3.63, 3.8) is 0 Å². The van der Waals surface area contributed by atoms with Gasteiger partial charge in [-0.15, -0.1) is 12.4 Å². The number of carbonyl (C=O) groups is 1. The number of hydrogen-bond acceptors (Lipinski definition) is 3. The lowest BCUT2D eigenvalue weighted by molar-refractivity contribution is 0.0505. The SMILES string of the molecule is CCCOC(=O)c1ccc(C(=N)N)cc1.Cl. The highest BCUT2D eigenvalue weighted by atomic mass is 35.5. The number of halogens is 1. The van der Waals surface area contributed by atoms with Crippen molar-refractivity contribution >= 4 is 24.2 Å². The van der Waals surface area contributed by atoms with Gasteiger partial charge in [-0.25, -0.2) is 4.79 Å². The predicted octanol–water partition coefficient (Wildman–Crippen LogP) is 1.96. The molecular formula is C11H15ClN2O2. The molecule has 0 saturated heterocycles. The highest BCUT2D eigenvalue weighted by Gasteiger charge is 2.06. The number of rotatable bonds is 4. The summed E-state index contributed by atoms with van der Waals surface area (Å²) in [6.07, 6.45) is 0.803. The minimum Gasteiger partial charge on any atom is -0.462 e. The highest BCUT2D eigenvalue weighted by molar-refractivity contribution is 5.96. The normalized spacial score (nSPS) is 9.06. The summed E-state index contributed by atoms with van der Waals surface area (Å²) in [5.74, 6) is -0.351. The van der Waals surface area contributed by atoms with Crippen molar-refractivity contribution in [1.82, 2.24) is 0 Å². The van der Waals surface area contributed by atoms with Gasteiger partial charge in [0.1, 0.15) is 5.84 Å². The van der Waals surface area contributed by atoms with E-state index in [-0.39, 0.29) is 24.2 Å². The van der Waals surface area contributed by atoms with Gasteiger partial charge in [-0.3, -0.25) is 5.41 Å². The zero-order valence-corrected chi connectivity index (χ0v) is 9.84. The summed E-state index contributed by atoms with van der Waals surface area (Å²) in [5.41, 5.74) is 6.37. The second-order valence-electron chi connectivity index (χ2n) is 3.13. The Balaban J connectivity index is 0.00000225. The Bertz CT molecular complexity index is 363. The third kappa shape index (κ3) is 3.90. The van der Waals surface area contributed by atoms with Crippen LogP contribution in [0.4, 0.5) is 0 Å². The molecule has 0 atom stereocenters. The Morgan fingerprint density at radius 2 is 1.81 bits per heavy atom. The Hall–Kier alpha value is -1.55. The minimum atomic E-state index is -0.341. The molecule has 88 valence electrons. The highest BCUT2D eigenvalue weighted by Crippen LogP contribution is 2.05. The van der Waals surface area contributed by atoms with E-state index in [2.05, 4.69) is 0 Å². The number of ether oxygens (including phenoxy) is 1. The summed E-state index contributed by atoms with van der Waals surface area (Å²) in [7, 11) is 0. The van der Waals surface area contributed by atoms with Crippen LogP contribution in [0.15, 0.2) is 24.3 Å². The molecule has 0 aliphatic carbocycles. The van der Waals surface area contributed by atoms with Gasteiger partial charge >= 0.3 is 5.97 Å². The summed E-state index contributed by atoms with van der Waals surface area (Å²) in [6, 6.07) is 6.47. The molecule has 5 heteroatoms. The van der Waals surface area contributed by atoms with Crippen LogP contribution in [0.2, 0.25) is 0 Å². The van der Waals surface area contributed by atoms with E-state index in [1.165, 1.54) is 0 Å². The largest absolute Gasteiger partial charge is 0.462 e. The quantitative estimate of drug-likeness (QED) is 0.481. The molecular weight excluding hydrogens is 228 g/mol. The Kier molecular flexibility index (Phi) is 6.18. The second kappa shape index (κ2) is 6.85. The molecule has 4 nitrogen and oxygen atoms in total. The molecule has 0 spiro atoms. The summed E-state index contributed by atoms with van der Waals surface area (Å²) < 4.78 is 4.95. The van der Waals surface area contributed by atoms with Gasteiger partial charge in [0.25, 0.3) is 0 Å². The first kappa shape index (κ1) is 14.5. The minimum absolute atomic E-state index is 0. The van der Waals surface area contributed by atoms with Gasteiger partial charge in [-0.1, -0.05) is 19.1 Å². The molecule has 16 heavy (non-hydrogen) atoms. The van der Waals surface area contributed by atoms with Crippen molar-refractivity contribution in [2.75, 3.05) is 6.61 Å². The van der Waals surface area contributed by atoms with Gasteiger partial charge in [0.05, 0.1) is 12.2 Å². The maximum Gasteiger partial charge on any atom is 0.338 e. The number of esters is 1. The van der Waals surface area contributed by atoms with Crippen molar-refractivity contribution in [3.8, 4) is 0 Å². The van der Waals surface area contributed by atoms with Crippen molar-refractivity contribution < 1.29 is 9.53 Å². The van der Waals surface area contributed by atoms with E-state index in [0.29, 0.717) is 17.7 Å². The molecule has 0 bridgehead atoms. The van der Waals surface area contributed by atoms with E-state index in [0.717, 1.165) is 6.42 Å². The maximum atomic E-state index is 11.4. The van der Waals surface area contributed by atoms with Crippen molar-refractivity contribution in [1.29, 1.82) is 5.41 Å². The summed E-state index contributed by atoms with van der Waals surface area (Å²) >= 11 is 0. The predicted molar refractivity (Wildman–Crippen MR) is 65.3 cm³/mol. The lowest BCUT2D eigenvalue weighted by atomic mass is 10.1. The van der Waals surface area contributed by atoms with E-state index in [1.54, 1.807) is 24.3 Å². The first-order valence-electron chi connectivity index (χ1n) is 4.76. The standard InChI is InChI=1S/C11H14N2O2.ClH/c1-2-7-15-11(14)9-5-3-8(4-6-9)10(12)13;/h3-6H,2,7H2,1H3,(H3,12,13);1H. The van der Waals surface area contributed by atoms with Gasteiger partial charge in [0, 0.05) is 5.56 Å². The number of nitrogens with one attached hydrogen (secondary N) is 1. The Morgan fingerprint density at radius 1 is 1.31 bits per heavy atom. The van der Waals surface area contributed by atoms with Gasteiger partial charge < -0.3 is 10.5 Å². The number of amidine groups is 1. The van der Waals surface area contributed by atoms with E-state index >= 15 is 0 Å². The molecule has 0 aliphatic rings. The van der Waals surface area contributed by atoms with Crippen LogP contribution in [0.3, 0.4) is 0 Å². The van der Waals surface area contributed by atoms with Crippen LogP contribution >= 0.6 is 12.4 Å². The molecule has 3 N–H and O–H groups in total. The first-order chi connectivity index (χ1) is 7.15. The van der Waals surface area contributed by atoms with Crippen LogP contribution in [0.25, 0.3) is 0 Å². The van der Waals surface area contributed by atoms with Crippen LogP contribution in [0.5, 0.6) is 0 Å². The lowest BCUT2D eigenvalue weighted by Crippen LogP contribution is -2.11. The maximum absolute atomic E-state index is 11.4. The number of hydrogen-bond donors (Lipinski definition) is 2. The molecule has 0 unspecified atom stereocenters. The van der Waals surface area contributed by atoms with Gasteiger partial charge in [0.2, 0.25) is 0 Å². The van der Waals surface area contributed by atoms with Crippen molar-refractivity contribution in [2.24, 2.45) is 5.73 Å². The van der Waals surface area contributed by atoms with Crippen LogP contribution < -0.4 is 5.73 Å². The third-order valence-electron chi connectivity index (χ3n) is 1.87. The van der Waals surface area contributed by atoms with E-state index in [1.807, 2.05) is 6.92 Å². The summed E-state index contributed by atoms with van der Waals surface area (Å²) in [4.78, 5) is 11.4. The van der Waals surface area contributed by atoms with E-state index < -0.39 is 0 Å². The number of carbonyl (C=O) groups excluding carboxylic acids is 1. The molecule has 0 fully saturated rings. The lowest BCUT2D eigenvalue weighted by Gasteiger charge is -2.03. The fraction of sp³-hybridized carbons (Fsp3) is 0.273. The Morgan fingerprint density at radius 3 is 2.25 bits per heavy atom. The zero-order valence-electron chi connectivity index (χ0n) is 9.03. The topological polar surface area (TPSA) is 76.2 Å². The summed E-state index contributed by atoms with van der Waals surface area (Å²) in [5, 5.41) is 7.19. The molecule has 0 heterocycles. The molecule has 0 radical (unpaired) electrons. The fourth-order valence-electron chi connectivity index (χ4n) is 1.06. The zero-order chi connectivity index (χ0) is 11.3. The molecule has 1 rings (SSSR count). The van der Waals surface area contributed by atoms with Crippen LogP contribution in [0.1, 0.15) is 29.3 Å². The van der Waals surface area contributed by atoms with Crippen LogP contribution in [0, 0.1) is 5.41 Å². The monoisotopic (exact) mass is 242 g/mol. The number of nitrogens with two attached hydrogens (primary N) is 1. The van der Waals surface area contributed by atoms with Gasteiger partial charge in [0.15, 0.2) is 0 Å². The summed E-state index contributed by atoms with van der Waals surface area (Å²) in [6.45, 7) is 2.36. The van der Waals surface area contributed by atoms with Gasteiger partial charge in [-0.2, -0.15) is 0 Å². The molecule has 0 aliphatic heterocycles. The van der Waals surface area contributed by atoms with E-state index in [4.69, 9.17) is 15.9 Å². The van der Waals surface area contributed by atoms with E-state index in [9.17, 15) is 4.79 Å². The van der Waals surface area contributed by atoms with Crippen LogP contribution in [-0.4, -0.2) is 18.4 Å².